The first-order valence-corrected chi connectivity index (χ1v) is 7.57. The fourth-order valence-electron chi connectivity index (χ4n) is 2.74. The van der Waals surface area contributed by atoms with Crippen molar-refractivity contribution in [3.63, 3.8) is 0 Å². The molecule has 128 valence electrons. The number of halogens is 3. The lowest BCUT2D eigenvalue weighted by Crippen LogP contribution is -2.42. The Morgan fingerprint density at radius 2 is 2.17 bits per heavy atom. The van der Waals surface area contributed by atoms with Crippen LogP contribution in [-0.4, -0.2) is 36.5 Å². The van der Waals surface area contributed by atoms with Gasteiger partial charge in [-0.25, -0.2) is 0 Å². The maximum absolute atomic E-state index is 12.7. The van der Waals surface area contributed by atoms with Crippen molar-refractivity contribution >= 4 is 11.6 Å². The fourth-order valence-corrected chi connectivity index (χ4v) is 2.74. The second-order valence-electron chi connectivity index (χ2n) is 6.48. The topological polar surface area (TPSA) is 58.4 Å². The van der Waals surface area contributed by atoms with E-state index in [1.54, 1.807) is 6.92 Å². The van der Waals surface area contributed by atoms with Crippen molar-refractivity contribution in [2.24, 2.45) is 11.1 Å². The largest absolute Gasteiger partial charge is 0.416 e. The molecule has 23 heavy (non-hydrogen) atoms. The normalized spacial score (nSPS) is 23.7. The van der Waals surface area contributed by atoms with E-state index >= 15 is 0 Å². The van der Waals surface area contributed by atoms with Gasteiger partial charge in [0.15, 0.2) is 0 Å². The van der Waals surface area contributed by atoms with Gasteiger partial charge in [0.05, 0.1) is 11.6 Å². The molecule has 2 atom stereocenters. The number of carbonyl (C=O) groups excluding carboxylic acids is 1. The number of rotatable bonds is 4. The van der Waals surface area contributed by atoms with Crippen molar-refractivity contribution in [3.05, 3.63) is 29.8 Å². The van der Waals surface area contributed by atoms with E-state index < -0.39 is 17.8 Å². The molecule has 3 N–H and O–H groups in total. The molecule has 1 amide bonds. The van der Waals surface area contributed by atoms with E-state index in [0.29, 0.717) is 13.1 Å². The van der Waals surface area contributed by atoms with Crippen LogP contribution in [0, 0.1) is 5.41 Å². The smallest absolute Gasteiger partial charge is 0.330 e. The Kier molecular flexibility index (Phi) is 5.01. The third-order valence-corrected chi connectivity index (χ3v) is 4.46. The Morgan fingerprint density at radius 3 is 2.74 bits per heavy atom. The Hall–Kier alpha value is -1.60. The van der Waals surface area contributed by atoms with Crippen LogP contribution in [0.25, 0.3) is 0 Å². The number of likely N-dealkylation sites (tertiary alicyclic amines) is 1. The molecule has 0 aliphatic carbocycles. The highest BCUT2D eigenvalue weighted by atomic mass is 19.4. The first kappa shape index (κ1) is 17.7. The van der Waals surface area contributed by atoms with Crippen LogP contribution in [-0.2, 0) is 11.0 Å². The third-order valence-electron chi connectivity index (χ3n) is 4.46. The quantitative estimate of drug-likeness (QED) is 0.893. The summed E-state index contributed by atoms with van der Waals surface area (Å²) >= 11 is 0. The summed E-state index contributed by atoms with van der Waals surface area (Å²) in [6, 6.07) is 4.24. The summed E-state index contributed by atoms with van der Waals surface area (Å²) in [5, 5.41) is 2.56. The molecular weight excluding hydrogens is 307 g/mol. The second-order valence-corrected chi connectivity index (χ2v) is 6.48. The van der Waals surface area contributed by atoms with Crippen LogP contribution in [0.5, 0.6) is 0 Å². The molecule has 1 aromatic carbocycles. The van der Waals surface area contributed by atoms with E-state index in [-0.39, 0.29) is 17.0 Å². The minimum atomic E-state index is -4.43. The fraction of sp³-hybridized carbons (Fsp3) is 0.562. The van der Waals surface area contributed by atoms with E-state index in [1.165, 1.54) is 12.1 Å². The average molecular weight is 329 g/mol. The van der Waals surface area contributed by atoms with E-state index in [9.17, 15) is 18.0 Å². The van der Waals surface area contributed by atoms with Crippen LogP contribution < -0.4 is 11.1 Å². The van der Waals surface area contributed by atoms with Crippen molar-refractivity contribution in [2.75, 3.05) is 25.0 Å². The third kappa shape index (κ3) is 4.23. The zero-order valence-electron chi connectivity index (χ0n) is 13.3. The van der Waals surface area contributed by atoms with Crippen LogP contribution in [0.4, 0.5) is 18.9 Å². The highest BCUT2D eigenvalue weighted by Gasteiger charge is 2.36. The summed E-state index contributed by atoms with van der Waals surface area (Å²) in [6.45, 7) is 5.84. The molecule has 0 bridgehead atoms. The number of anilines is 1. The standard InChI is InChI=1S/C16H22F3N3O/c1-11(22-7-6-15(2,9-20)10-22)14(23)21-13-5-3-4-12(8-13)16(17,18)19/h3-5,8,11H,6-7,9-10,20H2,1-2H3,(H,21,23). The van der Waals surface area contributed by atoms with Gasteiger partial charge in [0.1, 0.15) is 0 Å². The van der Waals surface area contributed by atoms with Crippen molar-refractivity contribution in [2.45, 2.75) is 32.5 Å². The van der Waals surface area contributed by atoms with Crippen LogP contribution >= 0.6 is 0 Å². The summed E-state index contributed by atoms with van der Waals surface area (Å²) in [4.78, 5) is 14.3. The maximum atomic E-state index is 12.7. The van der Waals surface area contributed by atoms with Crippen LogP contribution in [0.3, 0.4) is 0 Å². The van der Waals surface area contributed by atoms with Gasteiger partial charge in [0.2, 0.25) is 5.91 Å². The number of nitrogens with two attached hydrogens (primary N) is 1. The number of benzene rings is 1. The molecule has 1 fully saturated rings. The number of nitrogens with zero attached hydrogens (tertiary/aromatic N) is 1. The highest BCUT2D eigenvalue weighted by molar-refractivity contribution is 5.94. The van der Waals surface area contributed by atoms with Crippen molar-refractivity contribution in [1.29, 1.82) is 0 Å². The predicted octanol–water partition coefficient (Wildman–Crippen LogP) is 2.70. The Morgan fingerprint density at radius 1 is 1.48 bits per heavy atom. The molecule has 0 aromatic heterocycles. The zero-order valence-corrected chi connectivity index (χ0v) is 13.3. The SMILES string of the molecule is CC(C(=O)Nc1cccc(C(F)(F)F)c1)N1CCC(C)(CN)C1. The van der Waals surface area contributed by atoms with Gasteiger partial charge in [-0.1, -0.05) is 13.0 Å². The Labute approximate surface area is 133 Å². The van der Waals surface area contributed by atoms with Gasteiger partial charge in [-0.2, -0.15) is 13.2 Å². The lowest BCUT2D eigenvalue weighted by Gasteiger charge is -2.26. The van der Waals surface area contributed by atoms with E-state index in [2.05, 4.69) is 12.2 Å². The monoisotopic (exact) mass is 329 g/mol. The minimum absolute atomic E-state index is 0.00919. The summed E-state index contributed by atoms with van der Waals surface area (Å²) in [7, 11) is 0. The molecule has 1 aliphatic rings. The Balaban J connectivity index is 2.02. The summed E-state index contributed by atoms with van der Waals surface area (Å²) in [6.07, 6.45) is -3.52. The molecule has 7 heteroatoms. The second kappa shape index (κ2) is 6.49. The van der Waals surface area contributed by atoms with E-state index in [4.69, 9.17) is 5.73 Å². The zero-order chi connectivity index (χ0) is 17.3. The van der Waals surface area contributed by atoms with Gasteiger partial charge in [-0.15, -0.1) is 0 Å². The lowest BCUT2D eigenvalue weighted by molar-refractivity contribution is -0.137. The molecule has 2 rings (SSSR count). The van der Waals surface area contributed by atoms with Crippen LogP contribution in [0.2, 0.25) is 0 Å². The molecule has 1 saturated heterocycles. The van der Waals surface area contributed by atoms with Gasteiger partial charge in [0.25, 0.3) is 0 Å². The molecule has 0 saturated carbocycles. The first-order valence-electron chi connectivity index (χ1n) is 7.57. The average Bonchev–Trinajstić information content (AvgIpc) is 2.89. The van der Waals surface area contributed by atoms with Crippen LogP contribution in [0.1, 0.15) is 25.8 Å². The molecule has 1 heterocycles. The van der Waals surface area contributed by atoms with Gasteiger partial charge >= 0.3 is 6.18 Å². The van der Waals surface area contributed by atoms with Crippen LogP contribution in [0.15, 0.2) is 24.3 Å². The summed E-state index contributed by atoms with van der Waals surface area (Å²) < 4.78 is 38.1. The van der Waals surface area contributed by atoms with Crippen molar-refractivity contribution in [1.82, 2.24) is 4.90 Å². The molecule has 4 nitrogen and oxygen atoms in total. The molecule has 1 aromatic rings. The van der Waals surface area contributed by atoms with Crippen molar-refractivity contribution < 1.29 is 18.0 Å². The number of hydrogen-bond acceptors (Lipinski definition) is 3. The number of amides is 1. The van der Waals surface area contributed by atoms with Gasteiger partial charge in [-0.3, -0.25) is 9.69 Å². The molecular formula is C16H22F3N3O. The highest BCUT2D eigenvalue weighted by Crippen LogP contribution is 2.32. The van der Waals surface area contributed by atoms with Crippen molar-refractivity contribution in [3.8, 4) is 0 Å². The molecule has 2 unspecified atom stereocenters. The molecule has 0 spiro atoms. The predicted molar refractivity (Wildman–Crippen MR) is 82.9 cm³/mol. The maximum Gasteiger partial charge on any atom is 0.416 e. The first-order chi connectivity index (χ1) is 10.6. The minimum Gasteiger partial charge on any atom is -0.330 e. The number of carbonyl (C=O) groups is 1. The van der Waals surface area contributed by atoms with E-state index in [1.807, 2.05) is 4.90 Å². The number of hydrogen-bond donors (Lipinski definition) is 2. The molecule has 1 aliphatic heterocycles. The van der Waals surface area contributed by atoms with Gasteiger partial charge in [-0.05, 0) is 50.0 Å². The summed E-state index contributed by atoms with van der Waals surface area (Å²) in [5.41, 5.74) is 5.12. The van der Waals surface area contributed by atoms with Gasteiger partial charge < -0.3 is 11.1 Å². The van der Waals surface area contributed by atoms with Gasteiger partial charge in [0, 0.05) is 12.2 Å². The van der Waals surface area contributed by atoms with E-state index in [0.717, 1.165) is 25.1 Å². The number of alkyl halides is 3. The molecule has 0 radical (unpaired) electrons. The summed E-state index contributed by atoms with van der Waals surface area (Å²) in [5.74, 6) is -0.314. The lowest BCUT2D eigenvalue weighted by atomic mass is 9.90. The Bertz CT molecular complexity index is 576. The number of nitrogens with one attached hydrogen (secondary N) is 1.